The van der Waals surface area contributed by atoms with Gasteiger partial charge >= 0.3 is 0 Å². The molecule has 2 saturated carbocycles. The van der Waals surface area contributed by atoms with Crippen LogP contribution in [0.1, 0.15) is 90.9 Å². The molecule has 0 atom stereocenters. The predicted octanol–water partition coefficient (Wildman–Crippen LogP) is 5.71. The number of fused-ring (bicyclic) bond motifs is 1. The van der Waals surface area contributed by atoms with Gasteiger partial charge in [0.2, 0.25) is 0 Å². The third-order valence-corrected chi connectivity index (χ3v) is 5.70. The highest BCUT2D eigenvalue weighted by Crippen LogP contribution is 2.63. The first-order valence-electron chi connectivity index (χ1n) is 7.79. The highest BCUT2D eigenvalue weighted by molar-refractivity contribution is 5.02. The third-order valence-electron chi connectivity index (χ3n) is 5.70. The van der Waals surface area contributed by atoms with Crippen molar-refractivity contribution in [3.05, 3.63) is 0 Å². The van der Waals surface area contributed by atoms with Crippen LogP contribution in [0.25, 0.3) is 0 Å². The Balaban J connectivity index is 2.23. The standard InChI is InChI=1S/C16H30/c1-3-9-15-11-5-7-13-16(15,10-4-2)14-8-6-12-15/h3-14H2,1-2H3. The summed E-state index contributed by atoms with van der Waals surface area (Å²) in [5.74, 6) is 0. The molecule has 0 aliphatic heterocycles. The highest BCUT2D eigenvalue weighted by atomic mass is 14.6. The maximum absolute atomic E-state index is 2.40. The molecule has 2 fully saturated rings. The second-order valence-electron chi connectivity index (χ2n) is 6.47. The van der Waals surface area contributed by atoms with Crippen molar-refractivity contribution in [3.63, 3.8) is 0 Å². The van der Waals surface area contributed by atoms with Crippen molar-refractivity contribution in [2.75, 3.05) is 0 Å². The third kappa shape index (κ3) is 1.93. The monoisotopic (exact) mass is 222 g/mol. The van der Waals surface area contributed by atoms with Crippen LogP contribution in [0, 0.1) is 10.8 Å². The zero-order valence-electron chi connectivity index (χ0n) is 11.5. The van der Waals surface area contributed by atoms with Crippen LogP contribution >= 0.6 is 0 Å². The molecule has 0 heteroatoms. The molecule has 0 aromatic heterocycles. The molecule has 16 heavy (non-hydrogen) atoms. The summed E-state index contributed by atoms with van der Waals surface area (Å²) in [5, 5.41) is 0. The molecule has 0 N–H and O–H groups in total. The largest absolute Gasteiger partial charge is 0.0654 e. The van der Waals surface area contributed by atoms with E-state index in [4.69, 9.17) is 0 Å². The van der Waals surface area contributed by atoms with Gasteiger partial charge in [-0.2, -0.15) is 0 Å². The van der Waals surface area contributed by atoms with E-state index in [0.29, 0.717) is 0 Å². The van der Waals surface area contributed by atoms with Crippen molar-refractivity contribution in [3.8, 4) is 0 Å². The van der Waals surface area contributed by atoms with E-state index >= 15 is 0 Å². The lowest BCUT2D eigenvalue weighted by molar-refractivity contribution is -0.0695. The lowest BCUT2D eigenvalue weighted by Gasteiger charge is -2.58. The Morgan fingerprint density at radius 2 is 0.938 bits per heavy atom. The van der Waals surface area contributed by atoms with Gasteiger partial charge in [-0.1, -0.05) is 52.4 Å². The van der Waals surface area contributed by atoms with Crippen molar-refractivity contribution in [1.29, 1.82) is 0 Å². The first-order chi connectivity index (χ1) is 7.79. The fourth-order valence-corrected chi connectivity index (χ4v) is 5.15. The SMILES string of the molecule is CCCC12CCCCC1(CCC)CCCC2. The molecule has 0 unspecified atom stereocenters. The van der Waals surface area contributed by atoms with E-state index in [1.165, 1.54) is 51.4 Å². The van der Waals surface area contributed by atoms with Crippen LogP contribution < -0.4 is 0 Å². The molecular weight excluding hydrogens is 192 g/mol. The highest BCUT2D eigenvalue weighted by Gasteiger charge is 2.51. The Bertz CT molecular complexity index is 169. The maximum Gasteiger partial charge on any atom is -0.0241 e. The second kappa shape index (κ2) is 5.10. The summed E-state index contributed by atoms with van der Waals surface area (Å²) < 4.78 is 0. The van der Waals surface area contributed by atoms with Gasteiger partial charge in [0.15, 0.2) is 0 Å². The minimum Gasteiger partial charge on any atom is -0.0654 e. The Labute approximate surface area is 102 Å². The lowest BCUT2D eigenvalue weighted by Crippen LogP contribution is -2.47. The fourth-order valence-electron chi connectivity index (χ4n) is 5.15. The van der Waals surface area contributed by atoms with Gasteiger partial charge in [0.05, 0.1) is 0 Å². The lowest BCUT2D eigenvalue weighted by atomic mass is 9.47. The van der Waals surface area contributed by atoms with Gasteiger partial charge in [-0.3, -0.25) is 0 Å². The molecule has 0 bridgehead atoms. The average Bonchev–Trinajstić information content (AvgIpc) is 2.30. The van der Waals surface area contributed by atoms with Gasteiger partial charge in [-0.15, -0.1) is 0 Å². The van der Waals surface area contributed by atoms with Gasteiger partial charge in [-0.05, 0) is 49.4 Å². The number of rotatable bonds is 4. The zero-order valence-corrected chi connectivity index (χ0v) is 11.5. The molecule has 0 aromatic carbocycles. The van der Waals surface area contributed by atoms with E-state index in [9.17, 15) is 0 Å². The average molecular weight is 222 g/mol. The minimum absolute atomic E-state index is 0.772. The smallest absolute Gasteiger partial charge is 0.0241 e. The van der Waals surface area contributed by atoms with Gasteiger partial charge in [0, 0.05) is 0 Å². The molecule has 2 aliphatic carbocycles. The summed E-state index contributed by atoms with van der Waals surface area (Å²) in [6.07, 6.45) is 18.2. The van der Waals surface area contributed by atoms with Crippen molar-refractivity contribution >= 4 is 0 Å². The predicted molar refractivity (Wildman–Crippen MR) is 71.6 cm³/mol. The number of hydrogen-bond acceptors (Lipinski definition) is 0. The summed E-state index contributed by atoms with van der Waals surface area (Å²) in [4.78, 5) is 0. The van der Waals surface area contributed by atoms with Crippen LogP contribution in [0.3, 0.4) is 0 Å². The molecule has 0 radical (unpaired) electrons. The Morgan fingerprint density at radius 1 is 0.625 bits per heavy atom. The van der Waals surface area contributed by atoms with E-state index in [2.05, 4.69) is 13.8 Å². The van der Waals surface area contributed by atoms with Gasteiger partial charge < -0.3 is 0 Å². The molecule has 2 aliphatic rings. The van der Waals surface area contributed by atoms with Gasteiger partial charge in [0.25, 0.3) is 0 Å². The van der Waals surface area contributed by atoms with Crippen molar-refractivity contribution in [2.24, 2.45) is 10.8 Å². The molecule has 94 valence electrons. The summed E-state index contributed by atoms with van der Waals surface area (Å²) in [5.41, 5.74) is 1.54. The van der Waals surface area contributed by atoms with E-state index in [-0.39, 0.29) is 0 Å². The van der Waals surface area contributed by atoms with Crippen LogP contribution in [0.5, 0.6) is 0 Å². The zero-order chi connectivity index (χ0) is 11.5. The normalized spacial score (nSPS) is 39.4. The molecule has 0 amide bonds. The van der Waals surface area contributed by atoms with Crippen LogP contribution in [-0.2, 0) is 0 Å². The van der Waals surface area contributed by atoms with Crippen molar-refractivity contribution in [1.82, 2.24) is 0 Å². The van der Waals surface area contributed by atoms with Crippen molar-refractivity contribution in [2.45, 2.75) is 90.9 Å². The summed E-state index contributed by atoms with van der Waals surface area (Å²) in [6.45, 7) is 4.79. The Kier molecular flexibility index (Phi) is 3.97. The maximum atomic E-state index is 2.40. The van der Waals surface area contributed by atoms with Gasteiger partial charge in [0.1, 0.15) is 0 Å². The Hall–Kier alpha value is 0. The fraction of sp³-hybridized carbons (Fsp3) is 1.00. The first-order valence-corrected chi connectivity index (χ1v) is 7.79. The summed E-state index contributed by atoms with van der Waals surface area (Å²) in [6, 6.07) is 0. The molecule has 2 rings (SSSR count). The molecule has 0 spiro atoms. The minimum atomic E-state index is 0.772. The van der Waals surface area contributed by atoms with Crippen LogP contribution in [-0.4, -0.2) is 0 Å². The molecule has 0 nitrogen and oxygen atoms in total. The second-order valence-corrected chi connectivity index (χ2v) is 6.47. The van der Waals surface area contributed by atoms with Crippen molar-refractivity contribution < 1.29 is 0 Å². The van der Waals surface area contributed by atoms with E-state index < -0.39 is 0 Å². The molecular formula is C16H30. The van der Waals surface area contributed by atoms with Crippen LogP contribution in [0.4, 0.5) is 0 Å². The van der Waals surface area contributed by atoms with E-state index in [1.807, 2.05) is 0 Å². The summed E-state index contributed by atoms with van der Waals surface area (Å²) in [7, 11) is 0. The first kappa shape index (κ1) is 12.5. The molecule has 0 heterocycles. The van der Waals surface area contributed by atoms with Crippen LogP contribution in [0.2, 0.25) is 0 Å². The topological polar surface area (TPSA) is 0 Å². The van der Waals surface area contributed by atoms with E-state index in [1.54, 1.807) is 25.7 Å². The Morgan fingerprint density at radius 3 is 1.19 bits per heavy atom. The summed E-state index contributed by atoms with van der Waals surface area (Å²) >= 11 is 0. The van der Waals surface area contributed by atoms with E-state index in [0.717, 1.165) is 10.8 Å². The molecule has 0 saturated heterocycles. The quantitative estimate of drug-likeness (QED) is 0.571. The van der Waals surface area contributed by atoms with Crippen LogP contribution in [0.15, 0.2) is 0 Å². The van der Waals surface area contributed by atoms with Gasteiger partial charge in [-0.25, -0.2) is 0 Å². The molecule has 0 aromatic rings. The number of hydrogen-bond donors (Lipinski definition) is 0.